The summed E-state index contributed by atoms with van der Waals surface area (Å²) < 4.78 is 7.07. The molecule has 4 rings (SSSR count). The highest BCUT2D eigenvalue weighted by molar-refractivity contribution is 6.41. The van der Waals surface area contributed by atoms with Crippen molar-refractivity contribution in [2.45, 2.75) is 72.8 Å². The van der Waals surface area contributed by atoms with Gasteiger partial charge in [0.15, 0.2) is 5.65 Å². The van der Waals surface area contributed by atoms with Crippen molar-refractivity contribution >= 4 is 46.1 Å². The van der Waals surface area contributed by atoms with Crippen LogP contribution in [0.2, 0.25) is 10.2 Å². The third kappa shape index (κ3) is 6.17. The summed E-state index contributed by atoms with van der Waals surface area (Å²) in [6.45, 7) is 17.6. The number of pyridine rings is 1. The fourth-order valence-corrected chi connectivity index (χ4v) is 5.21. The van der Waals surface area contributed by atoms with Crippen LogP contribution in [0.5, 0.6) is 0 Å². The summed E-state index contributed by atoms with van der Waals surface area (Å²) in [5.41, 5.74) is 1.19. The smallest absolute Gasteiger partial charge is 0.410 e. The molecular formula is C28H37Cl2N7O3. The highest BCUT2D eigenvalue weighted by Crippen LogP contribution is 2.34. The summed E-state index contributed by atoms with van der Waals surface area (Å²) in [5, 5.41) is 0.896. The number of fused-ring (bicyclic) bond motifs is 1. The summed E-state index contributed by atoms with van der Waals surface area (Å²) in [5.74, 6) is 0.525. The lowest BCUT2D eigenvalue weighted by atomic mass is 10.0. The second kappa shape index (κ2) is 11.5. The summed E-state index contributed by atoms with van der Waals surface area (Å²) in [4.78, 5) is 48.7. The van der Waals surface area contributed by atoms with Gasteiger partial charge < -0.3 is 14.5 Å². The molecule has 0 unspecified atom stereocenters. The second-order valence-electron chi connectivity index (χ2n) is 12.0. The number of aromatic nitrogens is 5. The van der Waals surface area contributed by atoms with Gasteiger partial charge in [0.25, 0.3) is 0 Å². The number of hydrogen-bond acceptors (Lipinski definition) is 8. The number of carbonyl (C=O) groups is 1. The van der Waals surface area contributed by atoms with Crippen LogP contribution in [-0.2, 0) is 4.74 Å². The molecule has 0 aliphatic carbocycles. The Labute approximate surface area is 244 Å². The zero-order valence-corrected chi connectivity index (χ0v) is 25.8. The SMILES string of the molecule is CC(C)c1ncnc(C(C)C)c1-n1c(=O)nc(N2CCN(C(=O)OC(C)(C)C)C[C@H](C)C2)c2cc(Cl)c(Cl)nc21. The first-order valence-electron chi connectivity index (χ1n) is 13.5. The van der Waals surface area contributed by atoms with Gasteiger partial charge in [-0.05, 0) is 44.6 Å². The molecule has 1 amide bonds. The molecule has 0 spiro atoms. The normalized spacial score (nSPS) is 16.6. The molecule has 12 heteroatoms. The van der Waals surface area contributed by atoms with E-state index in [0.717, 1.165) is 0 Å². The van der Waals surface area contributed by atoms with Gasteiger partial charge >= 0.3 is 11.8 Å². The molecule has 3 aromatic heterocycles. The van der Waals surface area contributed by atoms with Crippen LogP contribution in [0.4, 0.5) is 10.6 Å². The van der Waals surface area contributed by atoms with E-state index < -0.39 is 11.3 Å². The van der Waals surface area contributed by atoms with Crippen molar-refractivity contribution in [3.05, 3.63) is 44.4 Å². The van der Waals surface area contributed by atoms with Gasteiger partial charge in [-0.25, -0.2) is 29.1 Å². The number of halogens is 2. The largest absolute Gasteiger partial charge is 0.444 e. The van der Waals surface area contributed by atoms with Gasteiger partial charge in [-0.2, -0.15) is 4.98 Å². The summed E-state index contributed by atoms with van der Waals surface area (Å²) in [7, 11) is 0. The van der Waals surface area contributed by atoms with E-state index in [4.69, 9.17) is 27.9 Å². The van der Waals surface area contributed by atoms with Crippen molar-refractivity contribution in [2.24, 2.45) is 5.92 Å². The Bertz CT molecular complexity index is 1460. The van der Waals surface area contributed by atoms with Gasteiger partial charge in [-0.15, -0.1) is 0 Å². The number of rotatable bonds is 4. The highest BCUT2D eigenvalue weighted by atomic mass is 35.5. The first kappa shape index (κ1) is 30.0. The van der Waals surface area contributed by atoms with E-state index in [1.54, 1.807) is 11.0 Å². The van der Waals surface area contributed by atoms with Gasteiger partial charge in [0, 0.05) is 26.2 Å². The van der Waals surface area contributed by atoms with E-state index in [1.807, 2.05) is 60.3 Å². The monoisotopic (exact) mass is 589 g/mol. The number of ether oxygens (including phenoxy) is 1. The van der Waals surface area contributed by atoms with Crippen LogP contribution in [0.1, 0.15) is 78.6 Å². The van der Waals surface area contributed by atoms with Crippen LogP contribution in [0, 0.1) is 5.92 Å². The van der Waals surface area contributed by atoms with E-state index in [9.17, 15) is 9.59 Å². The number of amides is 1. The highest BCUT2D eigenvalue weighted by Gasteiger charge is 2.30. The number of anilines is 1. The molecule has 1 atom stereocenters. The predicted molar refractivity (Wildman–Crippen MR) is 158 cm³/mol. The van der Waals surface area contributed by atoms with Gasteiger partial charge in [-0.1, -0.05) is 57.8 Å². The molecule has 4 heterocycles. The minimum absolute atomic E-state index is 0.00481. The van der Waals surface area contributed by atoms with Gasteiger partial charge in [0.2, 0.25) is 0 Å². The standard InChI is InChI=1S/C28H37Cl2N7O3/c1-15(2)20-22(21(16(3)4)32-14-31-20)37-25-18(11-19(29)23(30)33-25)24(34-26(37)38)35-9-10-36(13-17(5)12-35)27(39)40-28(6,7)8/h11,14-17H,9-10,12-13H2,1-8H3/t17-/m1/s1. The van der Waals surface area contributed by atoms with Crippen LogP contribution in [-0.4, -0.2) is 67.3 Å². The fraction of sp³-hybridized carbons (Fsp3) is 0.571. The molecule has 0 N–H and O–H groups in total. The Balaban J connectivity index is 1.89. The van der Waals surface area contributed by atoms with Crippen molar-refractivity contribution < 1.29 is 9.53 Å². The molecule has 216 valence electrons. The molecule has 1 aliphatic heterocycles. The third-order valence-electron chi connectivity index (χ3n) is 6.61. The maximum atomic E-state index is 13.9. The summed E-state index contributed by atoms with van der Waals surface area (Å²) in [6, 6.07) is 1.69. The van der Waals surface area contributed by atoms with E-state index >= 15 is 0 Å². The van der Waals surface area contributed by atoms with Gasteiger partial charge in [0.1, 0.15) is 22.9 Å². The molecule has 1 fully saturated rings. The maximum absolute atomic E-state index is 13.9. The molecule has 0 saturated carbocycles. The molecular weight excluding hydrogens is 553 g/mol. The van der Waals surface area contributed by atoms with E-state index in [2.05, 4.69) is 19.9 Å². The molecule has 1 aliphatic rings. The molecule has 0 bridgehead atoms. The van der Waals surface area contributed by atoms with Crippen molar-refractivity contribution in [3.8, 4) is 5.69 Å². The summed E-state index contributed by atoms with van der Waals surface area (Å²) >= 11 is 12.9. The number of nitrogens with zero attached hydrogens (tertiary/aromatic N) is 7. The maximum Gasteiger partial charge on any atom is 0.410 e. The zero-order chi connectivity index (χ0) is 29.5. The van der Waals surface area contributed by atoms with Crippen molar-refractivity contribution in [1.82, 2.24) is 29.4 Å². The molecule has 0 radical (unpaired) electrons. The summed E-state index contributed by atoms with van der Waals surface area (Å²) in [6.07, 6.45) is 1.16. The van der Waals surface area contributed by atoms with E-state index in [0.29, 0.717) is 60.1 Å². The Morgan fingerprint density at radius 3 is 2.23 bits per heavy atom. The first-order valence-corrected chi connectivity index (χ1v) is 14.3. The average molecular weight is 591 g/mol. The average Bonchev–Trinajstić information content (AvgIpc) is 3.05. The lowest BCUT2D eigenvalue weighted by Crippen LogP contribution is -2.40. The van der Waals surface area contributed by atoms with Crippen LogP contribution < -0.4 is 10.6 Å². The van der Waals surface area contributed by atoms with Crippen molar-refractivity contribution in [2.75, 3.05) is 31.1 Å². The fourth-order valence-electron chi connectivity index (χ4n) is 4.93. The van der Waals surface area contributed by atoms with Gasteiger partial charge in [-0.3, -0.25) is 0 Å². The minimum atomic E-state index is -0.596. The van der Waals surface area contributed by atoms with Crippen molar-refractivity contribution in [3.63, 3.8) is 0 Å². The lowest BCUT2D eigenvalue weighted by Gasteiger charge is -2.27. The first-order chi connectivity index (χ1) is 18.7. The Kier molecular flexibility index (Phi) is 8.61. The van der Waals surface area contributed by atoms with E-state index in [-0.39, 0.29) is 34.0 Å². The predicted octanol–water partition coefficient (Wildman–Crippen LogP) is 5.82. The van der Waals surface area contributed by atoms with Crippen LogP contribution >= 0.6 is 23.2 Å². The molecule has 1 saturated heterocycles. The number of hydrogen-bond donors (Lipinski definition) is 0. The topological polar surface area (TPSA) is 106 Å². The number of carbonyl (C=O) groups excluding carboxylic acids is 1. The third-order valence-corrected chi connectivity index (χ3v) is 7.28. The van der Waals surface area contributed by atoms with Crippen LogP contribution in [0.15, 0.2) is 17.2 Å². The van der Waals surface area contributed by atoms with Gasteiger partial charge in [0.05, 0.1) is 27.5 Å². The Morgan fingerprint density at radius 1 is 1.02 bits per heavy atom. The molecule has 10 nitrogen and oxygen atoms in total. The minimum Gasteiger partial charge on any atom is -0.444 e. The Morgan fingerprint density at radius 2 is 1.65 bits per heavy atom. The quantitative estimate of drug-likeness (QED) is 0.350. The molecule has 3 aromatic rings. The molecule has 0 aromatic carbocycles. The Hall–Kier alpha value is -2.98. The van der Waals surface area contributed by atoms with Crippen molar-refractivity contribution in [1.29, 1.82) is 0 Å². The van der Waals surface area contributed by atoms with Crippen LogP contribution in [0.3, 0.4) is 0 Å². The van der Waals surface area contributed by atoms with Crippen LogP contribution in [0.25, 0.3) is 16.7 Å². The second-order valence-corrected chi connectivity index (χ2v) is 12.7. The van der Waals surface area contributed by atoms with E-state index in [1.165, 1.54) is 10.9 Å². The lowest BCUT2D eigenvalue weighted by molar-refractivity contribution is 0.0245. The molecule has 40 heavy (non-hydrogen) atoms. The zero-order valence-electron chi connectivity index (χ0n) is 24.3.